The molecule has 0 aliphatic carbocycles. The first-order valence-corrected chi connectivity index (χ1v) is 13.6. The minimum absolute atomic E-state index is 0.0146. The molecule has 0 bridgehead atoms. The summed E-state index contributed by atoms with van der Waals surface area (Å²) in [5, 5.41) is 7.40. The number of amides is 2. The molecule has 0 fully saturated rings. The van der Waals surface area contributed by atoms with Crippen LogP contribution in [0.4, 0.5) is 9.18 Å². The molecule has 10 nitrogen and oxygen atoms in total. The Hall–Kier alpha value is -4.32. The molecular formula is C27H26FN5O5S. The predicted molar refractivity (Wildman–Crippen MR) is 139 cm³/mol. The van der Waals surface area contributed by atoms with Crippen molar-refractivity contribution in [3.8, 4) is 0 Å². The number of nitrogens with one attached hydrogen (secondary N) is 1. The lowest BCUT2D eigenvalue weighted by Gasteiger charge is -2.26. The average Bonchev–Trinajstić information content (AvgIpc) is 3.46. The van der Waals surface area contributed by atoms with Crippen molar-refractivity contribution in [2.24, 2.45) is 0 Å². The first-order chi connectivity index (χ1) is 18.4. The summed E-state index contributed by atoms with van der Waals surface area (Å²) in [6.07, 6.45) is 2.12. The van der Waals surface area contributed by atoms with E-state index in [9.17, 15) is 22.4 Å². The molecule has 39 heavy (non-hydrogen) atoms. The van der Waals surface area contributed by atoms with Crippen molar-refractivity contribution >= 4 is 32.9 Å². The van der Waals surface area contributed by atoms with Crippen molar-refractivity contribution in [1.82, 2.24) is 24.4 Å². The molecule has 12 heteroatoms. The first-order valence-electron chi connectivity index (χ1n) is 12.1. The highest BCUT2D eigenvalue weighted by molar-refractivity contribution is 7.89. The summed E-state index contributed by atoms with van der Waals surface area (Å²) in [5.74, 6) is -1.24. The molecule has 5 rings (SSSR count). The Morgan fingerprint density at radius 3 is 2.56 bits per heavy atom. The van der Waals surface area contributed by atoms with Crippen LogP contribution in [-0.2, 0) is 32.6 Å². The van der Waals surface area contributed by atoms with Crippen LogP contribution in [0.25, 0.3) is 10.9 Å². The lowest BCUT2D eigenvalue weighted by atomic mass is 10.0. The third-order valence-electron chi connectivity index (χ3n) is 6.11. The number of pyridine rings is 1. The van der Waals surface area contributed by atoms with E-state index in [1.807, 2.05) is 0 Å². The van der Waals surface area contributed by atoms with Crippen molar-refractivity contribution in [2.75, 3.05) is 0 Å². The van der Waals surface area contributed by atoms with Crippen LogP contribution < -0.4 is 5.32 Å². The number of carbonyl (C=O) groups is 2. The minimum Gasteiger partial charge on any atom is -0.444 e. The number of aromatic nitrogens is 3. The minimum atomic E-state index is -3.99. The zero-order valence-electron chi connectivity index (χ0n) is 21.5. The molecule has 1 N–H and O–H groups in total. The summed E-state index contributed by atoms with van der Waals surface area (Å²) < 4.78 is 47.4. The van der Waals surface area contributed by atoms with Gasteiger partial charge in [-0.1, -0.05) is 24.3 Å². The van der Waals surface area contributed by atoms with Crippen LogP contribution in [-0.4, -0.2) is 45.1 Å². The lowest BCUT2D eigenvalue weighted by Crippen LogP contribution is -2.43. The van der Waals surface area contributed by atoms with Gasteiger partial charge in [-0.05, 0) is 51.1 Å². The number of fused-ring (bicyclic) bond motifs is 2. The number of hydrogen-bond acceptors (Lipinski definition) is 7. The molecule has 2 amide bonds. The van der Waals surface area contributed by atoms with E-state index < -0.39 is 39.5 Å². The Morgan fingerprint density at radius 2 is 1.85 bits per heavy atom. The number of rotatable bonds is 5. The predicted octanol–water partition coefficient (Wildman–Crippen LogP) is 3.92. The van der Waals surface area contributed by atoms with Gasteiger partial charge in [-0.25, -0.2) is 9.18 Å². The highest BCUT2D eigenvalue weighted by Crippen LogP contribution is 2.29. The van der Waals surface area contributed by atoms with E-state index in [0.717, 1.165) is 4.09 Å². The SMILES string of the molecule is CC(C)(C)OC(=O)N[C@@H](C(=O)N1Cc2cn(S(=O)(=O)c3ccc4ncccc4c3)nc2C1)c1ccccc1F. The van der Waals surface area contributed by atoms with Crippen LogP contribution in [0.3, 0.4) is 0 Å². The Bertz CT molecular complexity index is 1670. The second-order valence-corrected chi connectivity index (χ2v) is 11.9. The van der Waals surface area contributed by atoms with Crippen LogP contribution in [0.5, 0.6) is 0 Å². The monoisotopic (exact) mass is 551 g/mol. The molecule has 2 aromatic heterocycles. The summed E-state index contributed by atoms with van der Waals surface area (Å²) >= 11 is 0. The normalized spacial score (nSPS) is 14.2. The average molecular weight is 552 g/mol. The van der Waals surface area contributed by atoms with Gasteiger partial charge in [-0.2, -0.15) is 17.6 Å². The summed E-state index contributed by atoms with van der Waals surface area (Å²) in [7, 11) is -3.99. The topological polar surface area (TPSA) is 123 Å². The third-order valence-corrected chi connectivity index (χ3v) is 7.64. The van der Waals surface area contributed by atoms with Gasteiger partial charge in [0.15, 0.2) is 0 Å². The molecular weight excluding hydrogens is 525 g/mol. The molecule has 0 radical (unpaired) electrons. The third kappa shape index (κ3) is 5.32. The Kier molecular flexibility index (Phi) is 6.59. The van der Waals surface area contributed by atoms with Gasteiger partial charge in [0.05, 0.1) is 22.7 Å². The fourth-order valence-corrected chi connectivity index (χ4v) is 5.52. The molecule has 1 aliphatic heterocycles. The molecule has 1 aliphatic rings. The van der Waals surface area contributed by atoms with Crippen molar-refractivity contribution in [2.45, 2.75) is 50.4 Å². The molecule has 1 atom stereocenters. The maximum Gasteiger partial charge on any atom is 0.408 e. The van der Waals surface area contributed by atoms with Crippen LogP contribution in [0.1, 0.15) is 43.6 Å². The van der Waals surface area contributed by atoms with Crippen LogP contribution in [0.2, 0.25) is 0 Å². The summed E-state index contributed by atoms with van der Waals surface area (Å²) in [4.78, 5) is 31.7. The zero-order valence-corrected chi connectivity index (χ0v) is 22.3. The number of carbonyl (C=O) groups excluding carboxylic acids is 2. The number of ether oxygens (including phenoxy) is 1. The fourth-order valence-electron chi connectivity index (χ4n) is 4.32. The first kappa shape index (κ1) is 26.3. The molecule has 0 unspecified atom stereocenters. The van der Waals surface area contributed by atoms with E-state index >= 15 is 0 Å². The Balaban J connectivity index is 1.38. The number of nitrogens with zero attached hydrogens (tertiary/aromatic N) is 4. The van der Waals surface area contributed by atoms with Crippen molar-refractivity contribution < 1.29 is 27.1 Å². The summed E-state index contributed by atoms with van der Waals surface area (Å²) in [6, 6.07) is 12.4. The van der Waals surface area contributed by atoms with Crippen LogP contribution >= 0.6 is 0 Å². The van der Waals surface area contributed by atoms with Crippen LogP contribution in [0.15, 0.2) is 71.9 Å². The summed E-state index contributed by atoms with van der Waals surface area (Å²) in [5.41, 5.74) is 0.736. The Morgan fingerprint density at radius 1 is 1.08 bits per heavy atom. The molecule has 3 heterocycles. The van der Waals surface area contributed by atoms with Gasteiger partial charge in [-0.3, -0.25) is 9.78 Å². The maximum atomic E-state index is 14.7. The lowest BCUT2D eigenvalue weighted by molar-refractivity contribution is -0.134. The van der Waals surface area contributed by atoms with Crippen LogP contribution in [0, 0.1) is 5.82 Å². The van der Waals surface area contributed by atoms with E-state index in [0.29, 0.717) is 22.2 Å². The van der Waals surface area contributed by atoms with Gasteiger partial charge in [-0.15, -0.1) is 0 Å². The molecule has 0 spiro atoms. The van der Waals surface area contributed by atoms with Gasteiger partial charge in [0.25, 0.3) is 15.9 Å². The van der Waals surface area contributed by atoms with Gasteiger partial charge < -0.3 is 15.0 Å². The van der Waals surface area contributed by atoms with Gasteiger partial charge in [0.1, 0.15) is 17.5 Å². The van der Waals surface area contributed by atoms with E-state index in [-0.39, 0.29) is 23.5 Å². The largest absolute Gasteiger partial charge is 0.444 e. The van der Waals surface area contributed by atoms with Gasteiger partial charge >= 0.3 is 6.09 Å². The second-order valence-electron chi connectivity index (χ2n) is 10.1. The number of halogens is 1. The van der Waals surface area contributed by atoms with E-state index in [1.165, 1.54) is 41.4 Å². The quantitative estimate of drug-likeness (QED) is 0.399. The molecule has 202 valence electrons. The highest BCUT2D eigenvalue weighted by atomic mass is 32.2. The van der Waals surface area contributed by atoms with Gasteiger partial charge in [0.2, 0.25) is 0 Å². The number of benzene rings is 2. The molecule has 2 aromatic carbocycles. The van der Waals surface area contributed by atoms with E-state index in [4.69, 9.17) is 4.74 Å². The molecule has 0 saturated heterocycles. The zero-order chi connectivity index (χ0) is 27.9. The van der Waals surface area contributed by atoms with Crippen molar-refractivity contribution in [3.63, 3.8) is 0 Å². The standard InChI is InChI=1S/C27H26FN5O5S/c1-27(2,3)38-26(35)30-24(20-8-4-5-9-21(20)28)25(34)32-14-18-15-33(31-23(18)16-32)39(36,37)19-10-11-22-17(13-19)7-6-12-29-22/h4-13,15,24H,14,16H2,1-3H3,(H,30,35)/t24-/m1/s1. The van der Waals surface area contributed by atoms with Crippen molar-refractivity contribution in [3.05, 3.63) is 89.6 Å². The number of hydrogen-bond donors (Lipinski definition) is 1. The molecule has 4 aromatic rings. The van der Waals surface area contributed by atoms with Crippen molar-refractivity contribution in [1.29, 1.82) is 0 Å². The maximum absolute atomic E-state index is 14.7. The second kappa shape index (κ2) is 9.77. The Labute approximate surface area is 224 Å². The van der Waals surface area contributed by atoms with E-state index in [1.54, 1.807) is 51.2 Å². The van der Waals surface area contributed by atoms with Gasteiger partial charge in [0, 0.05) is 35.5 Å². The smallest absolute Gasteiger partial charge is 0.408 e. The molecule has 0 saturated carbocycles. The fraction of sp³-hybridized carbons (Fsp3) is 0.259. The highest BCUT2D eigenvalue weighted by Gasteiger charge is 2.36. The summed E-state index contributed by atoms with van der Waals surface area (Å²) in [6.45, 7) is 5.04. The number of alkyl carbamates (subject to hydrolysis) is 1. The van der Waals surface area contributed by atoms with E-state index in [2.05, 4.69) is 15.4 Å².